The summed E-state index contributed by atoms with van der Waals surface area (Å²) >= 11 is 0. The van der Waals surface area contributed by atoms with Crippen LogP contribution in [0.2, 0.25) is 0 Å². The van der Waals surface area contributed by atoms with E-state index in [9.17, 15) is 9.59 Å². The number of carbonyl (C=O) groups is 2. The van der Waals surface area contributed by atoms with E-state index in [1.807, 2.05) is 50.3 Å². The van der Waals surface area contributed by atoms with Crippen molar-refractivity contribution in [2.45, 2.75) is 20.3 Å². The van der Waals surface area contributed by atoms with E-state index in [4.69, 9.17) is 4.74 Å². The Morgan fingerprint density at radius 2 is 2.12 bits per heavy atom. The molecule has 5 nitrogen and oxygen atoms in total. The first-order valence-corrected chi connectivity index (χ1v) is 8.11. The van der Waals surface area contributed by atoms with Gasteiger partial charge in [0, 0.05) is 17.2 Å². The summed E-state index contributed by atoms with van der Waals surface area (Å²) in [5.41, 5.74) is 3.92. The second-order valence-corrected chi connectivity index (χ2v) is 6.16. The molecule has 1 unspecified atom stereocenters. The van der Waals surface area contributed by atoms with Crippen molar-refractivity contribution in [1.82, 2.24) is 5.32 Å². The van der Waals surface area contributed by atoms with E-state index in [1.165, 1.54) is 0 Å². The number of nitrogens with zero attached hydrogens (tertiary/aromatic N) is 1. The maximum Gasteiger partial charge on any atom is 0.251 e. The van der Waals surface area contributed by atoms with Gasteiger partial charge in [0.05, 0.1) is 19.2 Å². The smallest absolute Gasteiger partial charge is 0.251 e. The highest BCUT2D eigenvalue weighted by Gasteiger charge is 2.27. The second-order valence-electron chi connectivity index (χ2n) is 6.16. The van der Waals surface area contributed by atoms with Gasteiger partial charge in [0.1, 0.15) is 5.75 Å². The van der Waals surface area contributed by atoms with Crippen molar-refractivity contribution in [3.05, 3.63) is 64.9 Å². The Morgan fingerprint density at radius 1 is 1.32 bits per heavy atom. The third-order valence-electron chi connectivity index (χ3n) is 4.50. The largest absolute Gasteiger partial charge is 0.497 e. The van der Waals surface area contributed by atoms with Gasteiger partial charge in [-0.15, -0.1) is 0 Å². The predicted octanol–water partition coefficient (Wildman–Crippen LogP) is 2.74. The predicted molar refractivity (Wildman–Crippen MR) is 96.4 cm³/mol. The topological polar surface area (TPSA) is 67.8 Å². The van der Waals surface area contributed by atoms with Crippen molar-refractivity contribution >= 4 is 17.5 Å². The molecular formula is C20H20N2O3. The number of rotatable bonds is 3. The highest BCUT2D eigenvalue weighted by atomic mass is 16.5. The molecule has 1 aromatic rings. The third kappa shape index (κ3) is 3.60. The second kappa shape index (κ2) is 6.89. The zero-order valence-corrected chi connectivity index (χ0v) is 14.5. The molecule has 2 aliphatic rings. The molecular weight excluding hydrogens is 316 g/mol. The normalized spacial score (nSPS) is 20.9. The zero-order chi connectivity index (χ0) is 18.0. The number of hydrogen-bond donors (Lipinski definition) is 1. The lowest BCUT2D eigenvalue weighted by Crippen LogP contribution is -2.35. The molecule has 1 heterocycles. The summed E-state index contributed by atoms with van der Waals surface area (Å²) in [6.07, 6.45) is 5.75. The van der Waals surface area contributed by atoms with Crippen molar-refractivity contribution < 1.29 is 14.3 Å². The summed E-state index contributed by atoms with van der Waals surface area (Å²) < 4.78 is 5.16. The van der Waals surface area contributed by atoms with Crippen LogP contribution in [0.5, 0.6) is 5.75 Å². The van der Waals surface area contributed by atoms with Crippen molar-refractivity contribution in [2.24, 2.45) is 10.9 Å². The molecule has 0 spiro atoms. The van der Waals surface area contributed by atoms with E-state index in [-0.39, 0.29) is 24.2 Å². The van der Waals surface area contributed by atoms with E-state index in [0.29, 0.717) is 11.5 Å². The van der Waals surface area contributed by atoms with Crippen LogP contribution in [-0.2, 0) is 16.0 Å². The van der Waals surface area contributed by atoms with Gasteiger partial charge >= 0.3 is 0 Å². The van der Waals surface area contributed by atoms with Crippen LogP contribution in [0, 0.1) is 5.92 Å². The average Bonchev–Trinajstić information content (AvgIpc) is 2.59. The lowest BCUT2D eigenvalue weighted by Gasteiger charge is -2.28. The van der Waals surface area contributed by atoms with Crippen LogP contribution in [0.4, 0.5) is 0 Å². The molecule has 0 radical (unpaired) electrons. The number of nitrogens with one attached hydrogen (secondary N) is 1. The molecule has 1 aliphatic carbocycles. The fraction of sp³-hybridized carbons (Fsp3) is 0.250. The number of aliphatic imine (C=N–C) groups is 1. The Kier molecular flexibility index (Phi) is 4.65. The molecule has 1 aliphatic heterocycles. The van der Waals surface area contributed by atoms with Crippen molar-refractivity contribution in [2.75, 3.05) is 7.11 Å². The number of allylic oxidation sites excluding steroid dienone is 3. The summed E-state index contributed by atoms with van der Waals surface area (Å²) in [5.74, 6) is 0.416. The van der Waals surface area contributed by atoms with E-state index >= 15 is 0 Å². The maximum atomic E-state index is 12.2. The molecule has 1 atom stereocenters. The van der Waals surface area contributed by atoms with Gasteiger partial charge < -0.3 is 10.1 Å². The van der Waals surface area contributed by atoms with Crippen LogP contribution in [0.1, 0.15) is 19.4 Å². The minimum Gasteiger partial charge on any atom is -0.497 e. The number of carbonyl (C=O) groups excluding carboxylic acids is 2. The molecule has 1 aromatic carbocycles. The minimum absolute atomic E-state index is 0.0464. The number of benzene rings is 1. The summed E-state index contributed by atoms with van der Waals surface area (Å²) in [4.78, 5) is 28.3. The van der Waals surface area contributed by atoms with Crippen LogP contribution in [0.25, 0.3) is 0 Å². The summed E-state index contributed by atoms with van der Waals surface area (Å²) in [6.45, 7) is 3.77. The third-order valence-corrected chi connectivity index (χ3v) is 4.50. The Bertz CT molecular complexity index is 859. The van der Waals surface area contributed by atoms with Crippen LogP contribution in [0.15, 0.2) is 64.3 Å². The van der Waals surface area contributed by atoms with Gasteiger partial charge in [0.15, 0.2) is 0 Å². The number of fused-ring (bicyclic) bond motifs is 1. The van der Waals surface area contributed by atoms with Crippen molar-refractivity contribution in [3.8, 4) is 5.75 Å². The molecule has 2 amide bonds. The Hall–Kier alpha value is -2.95. The fourth-order valence-corrected chi connectivity index (χ4v) is 2.93. The molecule has 0 saturated heterocycles. The average molecular weight is 336 g/mol. The van der Waals surface area contributed by atoms with Gasteiger partial charge in [-0.3, -0.25) is 9.59 Å². The highest BCUT2D eigenvalue weighted by molar-refractivity contribution is 6.11. The fourth-order valence-electron chi connectivity index (χ4n) is 2.93. The Morgan fingerprint density at radius 3 is 2.88 bits per heavy atom. The molecule has 0 saturated carbocycles. The Balaban J connectivity index is 1.77. The summed E-state index contributed by atoms with van der Waals surface area (Å²) in [6, 6.07) is 7.36. The lowest BCUT2D eigenvalue weighted by molar-refractivity contribution is -0.118. The number of amides is 2. The molecule has 0 fully saturated rings. The van der Waals surface area contributed by atoms with Gasteiger partial charge in [0.2, 0.25) is 0 Å². The van der Waals surface area contributed by atoms with E-state index in [2.05, 4.69) is 10.3 Å². The SMILES string of the molecule is COc1cccc(CC(=O)N=C2C=CC3C(=C2)NC(=O)C(C)=C3C)c1. The van der Waals surface area contributed by atoms with Crippen molar-refractivity contribution in [3.63, 3.8) is 0 Å². The van der Waals surface area contributed by atoms with Crippen LogP contribution >= 0.6 is 0 Å². The molecule has 0 bridgehead atoms. The van der Waals surface area contributed by atoms with Gasteiger partial charge in [-0.05, 0) is 43.7 Å². The summed E-state index contributed by atoms with van der Waals surface area (Å²) in [5, 5.41) is 2.87. The van der Waals surface area contributed by atoms with Crippen LogP contribution in [0.3, 0.4) is 0 Å². The van der Waals surface area contributed by atoms with Crippen LogP contribution < -0.4 is 10.1 Å². The molecule has 25 heavy (non-hydrogen) atoms. The molecule has 5 heteroatoms. The van der Waals surface area contributed by atoms with E-state index in [0.717, 1.165) is 22.4 Å². The van der Waals surface area contributed by atoms with E-state index in [1.54, 1.807) is 13.2 Å². The van der Waals surface area contributed by atoms with Crippen molar-refractivity contribution in [1.29, 1.82) is 0 Å². The standard InChI is InChI=1S/C20H20N2O3/c1-12-13(2)20(24)22-18-11-15(7-8-17(12)18)21-19(23)10-14-5-4-6-16(9-14)25-3/h4-9,11,17H,10H2,1-3H3,(H,22,24). The zero-order valence-electron chi connectivity index (χ0n) is 14.5. The Labute approximate surface area is 146 Å². The van der Waals surface area contributed by atoms with Gasteiger partial charge in [0.25, 0.3) is 11.8 Å². The quantitative estimate of drug-likeness (QED) is 0.923. The maximum absolute atomic E-state index is 12.2. The first kappa shape index (κ1) is 16.9. The monoisotopic (exact) mass is 336 g/mol. The molecule has 128 valence electrons. The highest BCUT2D eigenvalue weighted by Crippen LogP contribution is 2.29. The first-order chi connectivity index (χ1) is 12.0. The molecule has 1 N–H and O–H groups in total. The number of methoxy groups -OCH3 is 1. The minimum atomic E-state index is -0.242. The first-order valence-electron chi connectivity index (χ1n) is 8.11. The van der Waals surface area contributed by atoms with Gasteiger partial charge in [-0.1, -0.05) is 23.8 Å². The van der Waals surface area contributed by atoms with Crippen LogP contribution in [-0.4, -0.2) is 24.6 Å². The summed E-state index contributed by atoms with van der Waals surface area (Å²) in [7, 11) is 1.59. The number of ether oxygens (including phenoxy) is 1. The lowest BCUT2D eigenvalue weighted by atomic mass is 9.85. The van der Waals surface area contributed by atoms with E-state index < -0.39 is 0 Å². The number of hydrogen-bond acceptors (Lipinski definition) is 3. The molecule has 3 rings (SSSR count). The van der Waals surface area contributed by atoms with Gasteiger partial charge in [-0.2, -0.15) is 0 Å². The van der Waals surface area contributed by atoms with Gasteiger partial charge in [-0.25, -0.2) is 4.99 Å². The molecule has 0 aromatic heterocycles.